The predicted octanol–water partition coefficient (Wildman–Crippen LogP) is 4.16. The van der Waals surface area contributed by atoms with Crippen molar-refractivity contribution < 1.29 is 37.7 Å². The van der Waals surface area contributed by atoms with Crippen LogP contribution in [-0.4, -0.2) is 62.8 Å². The van der Waals surface area contributed by atoms with Crippen LogP contribution in [0.25, 0.3) is 0 Å². The minimum absolute atomic E-state index is 0.106. The number of carbonyl (C=O) groups excluding carboxylic acids is 2. The molecule has 2 saturated heterocycles. The van der Waals surface area contributed by atoms with E-state index in [1.165, 1.54) is 14.2 Å². The molecule has 2 heterocycles. The van der Waals surface area contributed by atoms with E-state index in [9.17, 15) is 9.59 Å². The molecule has 10 heteroatoms. The summed E-state index contributed by atoms with van der Waals surface area (Å²) < 4.78 is 35.4. The van der Waals surface area contributed by atoms with Crippen molar-refractivity contribution in [1.82, 2.24) is 0 Å². The molecule has 0 aromatic carbocycles. The second kappa shape index (κ2) is 9.96. The number of hydrogen-bond donors (Lipinski definition) is 0. The molecule has 0 aliphatic carbocycles. The molecule has 2 aliphatic rings. The van der Waals surface area contributed by atoms with Gasteiger partial charge in [0.15, 0.2) is 5.92 Å². The molecular weight excluding hydrogens is 438 g/mol. The maximum absolute atomic E-state index is 12.4. The van der Waals surface area contributed by atoms with Gasteiger partial charge in [-0.05, 0) is 74.2 Å². The topological polar surface area (TPSA) is 89.5 Å². The van der Waals surface area contributed by atoms with E-state index in [1.54, 1.807) is 0 Å². The Morgan fingerprint density at radius 2 is 1.15 bits per heavy atom. The van der Waals surface area contributed by atoms with Crippen LogP contribution < -0.4 is 0 Å². The number of carbonyl (C=O) groups is 2. The Hall–Kier alpha value is -1.35. The molecule has 1 atom stereocenters. The fourth-order valence-electron chi connectivity index (χ4n) is 4.25. The summed E-state index contributed by atoms with van der Waals surface area (Å²) in [5.41, 5.74) is -0.567. The lowest BCUT2D eigenvalue weighted by Gasteiger charge is -2.32. The van der Waals surface area contributed by atoms with Gasteiger partial charge < -0.3 is 28.1 Å². The van der Waals surface area contributed by atoms with Crippen molar-refractivity contribution in [3.05, 3.63) is 11.0 Å². The first kappa shape index (κ1) is 28.9. The lowest BCUT2D eigenvalue weighted by Crippen LogP contribution is -2.41. The highest BCUT2D eigenvalue weighted by molar-refractivity contribution is 6.61. The summed E-state index contributed by atoms with van der Waals surface area (Å²) in [5, 5.41) is 0. The van der Waals surface area contributed by atoms with Gasteiger partial charge in [0.05, 0.1) is 36.6 Å². The molecule has 2 rings (SSSR count). The molecule has 0 bridgehead atoms. The van der Waals surface area contributed by atoms with Crippen molar-refractivity contribution in [1.29, 1.82) is 0 Å². The van der Waals surface area contributed by atoms with Crippen LogP contribution in [0.1, 0.15) is 82.1 Å². The Bertz CT molecular complexity index is 770. The first-order chi connectivity index (χ1) is 15.4. The quantitative estimate of drug-likeness (QED) is 0.291. The predicted molar refractivity (Wildman–Crippen MR) is 131 cm³/mol. The smallest absolute Gasteiger partial charge is 0.468 e. The van der Waals surface area contributed by atoms with E-state index in [0.29, 0.717) is 6.42 Å². The maximum Gasteiger partial charge on any atom is 0.490 e. The zero-order valence-electron chi connectivity index (χ0n) is 23.0. The number of rotatable bonds is 8. The Kier molecular flexibility index (Phi) is 8.46. The van der Waals surface area contributed by atoms with E-state index in [4.69, 9.17) is 28.1 Å². The lowest BCUT2D eigenvalue weighted by atomic mass is 9.54. The van der Waals surface area contributed by atoms with Crippen LogP contribution in [0.2, 0.25) is 5.82 Å². The van der Waals surface area contributed by atoms with Gasteiger partial charge >= 0.3 is 26.2 Å². The molecule has 0 aromatic rings. The third-order valence-electron chi connectivity index (χ3n) is 7.92. The third kappa shape index (κ3) is 5.40. The molecular formula is C24H42B2O8. The molecule has 0 amide bonds. The van der Waals surface area contributed by atoms with E-state index in [0.717, 1.165) is 11.0 Å². The molecule has 34 heavy (non-hydrogen) atoms. The van der Waals surface area contributed by atoms with Crippen molar-refractivity contribution in [2.45, 2.75) is 110 Å². The van der Waals surface area contributed by atoms with E-state index in [2.05, 4.69) is 0 Å². The molecule has 1 unspecified atom stereocenters. The van der Waals surface area contributed by atoms with Crippen molar-refractivity contribution >= 4 is 26.2 Å². The molecule has 192 valence electrons. The minimum Gasteiger partial charge on any atom is -0.468 e. The Balaban J connectivity index is 2.57. The first-order valence-electron chi connectivity index (χ1n) is 12.0. The fraction of sp³-hybridized carbons (Fsp3) is 0.833. The van der Waals surface area contributed by atoms with Crippen LogP contribution in [0.15, 0.2) is 11.0 Å². The standard InChI is InChI=1S/C24H42B2O8/c1-13-17(25-31-21(3,4)22(5,6)32-25)18(26-33-23(7,8)24(9,10)34-26)15(2)14-16(19(27)29-11)20(28)30-12/h16-17H,13-14H2,1-12H3/b18-15+. The normalized spacial score (nSPS) is 24.1. The minimum atomic E-state index is -1.09. The highest BCUT2D eigenvalue weighted by Gasteiger charge is 2.59. The zero-order valence-corrected chi connectivity index (χ0v) is 23.0. The Morgan fingerprint density at radius 3 is 1.50 bits per heavy atom. The highest BCUT2D eigenvalue weighted by Crippen LogP contribution is 2.47. The highest BCUT2D eigenvalue weighted by atomic mass is 16.7. The second-order valence-corrected chi connectivity index (χ2v) is 11.3. The van der Waals surface area contributed by atoms with Crippen molar-refractivity contribution in [2.75, 3.05) is 14.2 Å². The van der Waals surface area contributed by atoms with Gasteiger partial charge in [-0.2, -0.15) is 0 Å². The van der Waals surface area contributed by atoms with Gasteiger partial charge in [-0.3, -0.25) is 9.59 Å². The summed E-state index contributed by atoms with van der Waals surface area (Å²) in [6, 6.07) is 0. The van der Waals surface area contributed by atoms with Crippen LogP contribution in [0, 0.1) is 5.92 Å². The summed E-state index contributed by atoms with van der Waals surface area (Å²) in [7, 11) is 1.27. The van der Waals surface area contributed by atoms with E-state index < -0.39 is 54.5 Å². The molecule has 0 saturated carbocycles. The third-order valence-corrected chi connectivity index (χ3v) is 7.92. The Morgan fingerprint density at radius 1 is 0.765 bits per heavy atom. The summed E-state index contributed by atoms with van der Waals surface area (Å²) in [6.07, 6.45) is 0.781. The van der Waals surface area contributed by atoms with Crippen LogP contribution in [-0.2, 0) is 37.7 Å². The fourth-order valence-corrected chi connectivity index (χ4v) is 4.25. The molecule has 2 aliphatic heterocycles. The van der Waals surface area contributed by atoms with Crippen molar-refractivity contribution in [2.24, 2.45) is 5.92 Å². The number of methoxy groups -OCH3 is 2. The summed E-state index contributed by atoms with van der Waals surface area (Å²) >= 11 is 0. The maximum atomic E-state index is 12.4. The summed E-state index contributed by atoms with van der Waals surface area (Å²) in [5.74, 6) is -2.62. The number of ether oxygens (including phenoxy) is 2. The van der Waals surface area contributed by atoms with Crippen molar-refractivity contribution in [3.8, 4) is 0 Å². The van der Waals surface area contributed by atoms with Crippen LogP contribution in [0.5, 0.6) is 0 Å². The Labute approximate surface area is 205 Å². The number of esters is 2. The van der Waals surface area contributed by atoms with Gasteiger partial charge in [-0.1, -0.05) is 18.9 Å². The van der Waals surface area contributed by atoms with Gasteiger partial charge in [0, 0.05) is 5.82 Å². The van der Waals surface area contributed by atoms with Gasteiger partial charge in [0.1, 0.15) is 0 Å². The van der Waals surface area contributed by atoms with Crippen LogP contribution in [0.4, 0.5) is 0 Å². The van der Waals surface area contributed by atoms with Crippen molar-refractivity contribution in [3.63, 3.8) is 0 Å². The first-order valence-corrected chi connectivity index (χ1v) is 12.0. The number of allylic oxidation sites excluding steroid dienone is 2. The monoisotopic (exact) mass is 480 g/mol. The lowest BCUT2D eigenvalue weighted by molar-refractivity contribution is -0.158. The second-order valence-electron chi connectivity index (χ2n) is 11.3. The molecule has 2 fully saturated rings. The van der Waals surface area contributed by atoms with E-state index >= 15 is 0 Å². The zero-order chi connectivity index (χ0) is 26.3. The van der Waals surface area contributed by atoms with Gasteiger partial charge in [0.25, 0.3) is 0 Å². The average Bonchev–Trinajstić information content (AvgIpc) is 3.07. The van der Waals surface area contributed by atoms with E-state index in [1.807, 2.05) is 69.2 Å². The molecule has 0 N–H and O–H groups in total. The molecule has 0 radical (unpaired) electrons. The summed E-state index contributed by atoms with van der Waals surface area (Å²) in [4.78, 5) is 24.8. The molecule has 8 nitrogen and oxygen atoms in total. The van der Waals surface area contributed by atoms with Gasteiger partial charge in [-0.25, -0.2) is 0 Å². The largest absolute Gasteiger partial charge is 0.490 e. The van der Waals surface area contributed by atoms with Crippen LogP contribution >= 0.6 is 0 Å². The average molecular weight is 480 g/mol. The van der Waals surface area contributed by atoms with Gasteiger partial charge in [0.2, 0.25) is 0 Å². The molecule has 0 spiro atoms. The number of hydrogen-bond acceptors (Lipinski definition) is 8. The van der Waals surface area contributed by atoms with Gasteiger partial charge in [-0.15, -0.1) is 0 Å². The SMILES string of the molecule is CCC(B1OC(C)(C)C(C)(C)O1)/C(B1OC(C)(C)C(C)(C)O1)=C(/C)CC(C(=O)OC)C(=O)OC. The molecule has 0 aromatic heterocycles. The van der Waals surface area contributed by atoms with E-state index in [-0.39, 0.29) is 12.2 Å². The summed E-state index contributed by atoms with van der Waals surface area (Å²) in [6.45, 7) is 19.9. The van der Waals surface area contributed by atoms with Crippen LogP contribution in [0.3, 0.4) is 0 Å².